The van der Waals surface area contributed by atoms with E-state index in [1.165, 1.54) is 0 Å². The fraction of sp³-hybridized carbons (Fsp3) is 0.188. The van der Waals surface area contributed by atoms with Crippen molar-refractivity contribution < 1.29 is 26.7 Å². The van der Waals surface area contributed by atoms with Gasteiger partial charge in [0.15, 0.2) is 23.3 Å². The molecule has 0 bridgehead atoms. The molecule has 1 N–H and O–H groups in total. The van der Waals surface area contributed by atoms with E-state index in [9.17, 15) is 26.7 Å². The van der Waals surface area contributed by atoms with Gasteiger partial charge in [-0.1, -0.05) is 12.1 Å². The molecule has 0 aromatic heterocycles. The van der Waals surface area contributed by atoms with Crippen LogP contribution in [-0.2, 0) is 11.2 Å². The van der Waals surface area contributed by atoms with Crippen molar-refractivity contribution in [2.75, 3.05) is 5.32 Å². The molecule has 7 heteroatoms. The summed E-state index contributed by atoms with van der Waals surface area (Å²) in [6.07, 6.45) is -0.973. The predicted molar refractivity (Wildman–Crippen MR) is 74.5 cm³/mol. The van der Waals surface area contributed by atoms with Crippen LogP contribution in [0.3, 0.4) is 0 Å². The average Bonchev–Trinajstić information content (AvgIpc) is 2.51. The van der Waals surface area contributed by atoms with Crippen molar-refractivity contribution in [2.24, 2.45) is 0 Å². The summed E-state index contributed by atoms with van der Waals surface area (Å²) in [5, 5.41) is 2.40. The van der Waals surface area contributed by atoms with Crippen molar-refractivity contribution in [1.29, 1.82) is 0 Å². The van der Waals surface area contributed by atoms with Gasteiger partial charge in [-0.3, -0.25) is 4.79 Å². The maximum absolute atomic E-state index is 13.5. The topological polar surface area (TPSA) is 29.1 Å². The lowest BCUT2D eigenvalue weighted by atomic mass is 10.1. The summed E-state index contributed by atoms with van der Waals surface area (Å²) in [6, 6.07) is 5.16. The summed E-state index contributed by atoms with van der Waals surface area (Å²) in [6.45, 7) is 3.48. The molecule has 2 aromatic carbocycles. The number of aryl methyl sites for hydroxylation is 2. The molecule has 0 saturated carbocycles. The number of nitrogens with one attached hydrogen (secondary N) is 1. The molecule has 23 heavy (non-hydrogen) atoms. The Kier molecular flexibility index (Phi) is 4.68. The first-order valence-corrected chi connectivity index (χ1v) is 6.59. The standard InChI is InChI=1S/C16H12F5NO/c1-7-3-4-8(2)10(5-7)22-11(23)6-9-12(17)14(19)16(21)15(20)13(9)18/h3-5H,6H2,1-2H3,(H,22,23). The van der Waals surface area contributed by atoms with Crippen molar-refractivity contribution in [1.82, 2.24) is 0 Å². The zero-order chi connectivity index (χ0) is 17.3. The van der Waals surface area contributed by atoms with Crippen LogP contribution in [0.1, 0.15) is 16.7 Å². The van der Waals surface area contributed by atoms with Crippen LogP contribution in [0.15, 0.2) is 18.2 Å². The zero-order valence-electron chi connectivity index (χ0n) is 12.2. The molecule has 0 saturated heterocycles. The zero-order valence-corrected chi connectivity index (χ0v) is 12.2. The van der Waals surface area contributed by atoms with Crippen LogP contribution in [0.25, 0.3) is 0 Å². The number of hydrogen-bond donors (Lipinski definition) is 1. The maximum atomic E-state index is 13.5. The number of amides is 1. The molecule has 0 spiro atoms. The Labute approximate surface area is 128 Å². The van der Waals surface area contributed by atoms with Crippen LogP contribution >= 0.6 is 0 Å². The van der Waals surface area contributed by atoms with Crippen molar-refractivity contribution in [2.45, 2.75) is 20.3 Å². The lowest BCUT2D eigenvalue weighted by molar-refractivity contribution is -0.115. The molecule has 0 aliphatic rings. The number of anilines is 1. The number of carbonyl (C=O) groups excluding carboxylic acids is 1. The van der Waals surface area contributed by atoms with E-state index in [4.69, 9.17) is 0 Å². The lowest BCUT2D eigenvalue weighted by Crippen LogP contribution is -2.19. The first-order valence-electron chi connectivity index (χ1n) is 6.59. The molecule has 1 amide bonds. The molecule has 0 aliphatic carbocycles. The largest absolute Gasteiger partial charge is 0.326 e. The van der Waals surface area contributed by atoms with E-state index in [1.54, 1.807) is 32.0 Å². The fourth-order valence-corrected chi connectivity index (χ4v) is 2.03. The van der Waals surface area contributed by atoms with Crippen molar-refractivity contribution in [3.8, 4) is 0 Å². The third-order valence-corrected chi connectivity index (χ3v) is 3.31. The van der Waals surface area contributed by atoms with Crippen LogP contribution < -0.4 is 5.32 Å². The van der Waals surface area contributed by atoms with Crippen LogP contribution in [0.2, 0.25) is 0 Å². The number of carbonyl (C=O) groups is 1. The van der Waals surface area contributed by atoms with Crippen molar-refractivity contribution in [3.05, 3.63) is 64.0 Å². The SMILES string of the molecule is Cc1ccc(C)c(NC(=O)Cc2c(F)c(F)c(F)c(F)c2F)c1. The summed E-state index contributed by atoms with van der Waals surface area (Å²) in [5.41, 5.74) is 0.770. The van der Waals surface area contributed by atoms with E-state index < -0.39 is 47.0 Å². The van der Waals surface area contributed by atoms with Gasteiger partial charge in [0.1, 0.15) is 0 Å². The minimum absolute atomic E-state index is 0.402. The monoisotopic (exact) mass is 329 g/mol. The van der Waals surface area contributed by atoms with E-state index in [-0.39, 0.29) is 0 Å². The molecule has 0 fully saturated rings. The lowest BCUT2D eigenvalue weighted by Gasteiger charge is -2.11. The van der Waals surface area contributed by atoms with E-state index >= 15 is 0 Å². The average molecular weight is 329 g/mol. The van der Waals surface area contributed by atoms with Gasteiger partial charge in [0.2, 0.25) is 11.7 Å². The summed E-state index contributed by atoms with van der Waals surface area (Å²) in [5.74, 6) is -11.3. The Bertz CT molecular complexity index is 760. The first-order chi connectivity index (χ1) is 10.7. The molecule has 0 atom stereocenters. The maximum Gasteiger partial charge on any atom is 0.229 e. The van der Waals surface area contributed by atoms with Gasteiger partial charge in [0, 0.05) is 11.3 Å². The van der Waals surface area contributed by atoms with E-state index in [1.807, 2.05) is 0 Å². The second kappa shape index (κ2) is 6.36. The van der Waals surface area contributed by atoms with Gasteiger partial charge >= 0.3 is 0 Å². The van der Waals surface area contributed by atoms with Gasteiger partial charge in [-0.2, -0.15) is 0 Å². The van der Waals surface area contributed by atoms with Gasteiger partial charge in [-0.05, 0) is 31.0 Å². The second-order valence-corrected chi connectivity index (χ2v) is 5.09. The van der Waals surface area contributed by atoms with Gasteiger partial charge in [0.05, 0.1) is 6.42 Å². The third-order valence-electron chi connectivity index (χ3n) is 3.31. The molecule has 0 heterocycles. The smallest absolute Gasteiger partial charge is 0.229 e. The van der Waals surface area contributed by atoms with Gasteiger partial charge in [0.25, 0.3) is 0 Å². The Morgan fingerprint density at radius 2 is 1.43 bits per heavy atom. The highest BCUT2D eigenvalue weighted by molar-refractivity contribution is 5.93. The Morgan fingerprint density at radius 3 is 2.00 bits per heavy atom. The first kappa shape index (κ1) is 16.9. The van der Waals surface area contributed by atoms with Gasteiger partial charge < -0.3 is 5.32 Å². The Hall–Kier alpha value is -2.44. The fourth-order valence-electron chi connectivity index (χ4n) is 2.03. The number of hydrogen-bond acceptors (Lipinski definition) is 1. The summed E-state index contributed by atoms with van der Waals surface area (Å²) < 4.78 is 66.2. The van der Waals surface area contributed by atoms with E-state index in [2.05, 4.69) is 5.32 Å². The molecule has 122 valence electrons. The van der Waals surface area contributed by atoms with Crippen LogP contribution in [0.5, 0.6) is 0 Å². The number of halogens is 5. The molecule has 0 radical (unpaired) electrons. The quantitative estimate of drug-likeness (QED) is 0.511. The number of rotatable bonds is 3. The molecule has 0 aliphatic heterocycles. The summed E-state index contributed by atoms with van der Waals surface area (Å²) in [4.78, 5) is 11.9. The van der Waals surface area contributed by atoms with Crippen LogP contribution in [0, 0.1) is 42.9 Å². The summed E-state index contributed by atoms with van der Waals surface area (Å²) in [7, 11) is 0. The Balaban J connectivity index is 2.29. The number of benzene rings is 2. The second-order valence-electron chi connectivity index (χ2n) is 5.09. The summed E-state index contributed by atoms with van der Waals surface area (Å²) >= 11 is 0. The molecule has 0 unspecified atom stereocenters. The Morgan fingerprint density at radius 1 is 0.913 bits per heavy atom. The van der Waals surface area contributed by atoms with Crippen LogP contribution in [0.4, 0.5) is 27.6 Å². The van der Waals surface area contributed by atoms with Gasteiger partial charge in [-0.25, -0.2) is 22.0 Å². The minimum Gasteiger partial charge on any atom is -0.326 e. The van der Waals surface area contributed by atoms with Gasteiger partial charge in [-0.15, -0.1) is 0 Å². The highest BCUT2D eigenvalue weighted by Gasteiger charge is 2.26. The molecule has 2 nitrogen and oxygen atoms in total. The van der Waals surface area contributed by atoms with Crippen molar-refractivity contribution in [3.63, 3.8) is 0 Å². The molecule has 2 rings (SSSR count). The highest BCUT2D eigenvalue weighted by atomic mass is 19.2. The van der Waals surface area contributed by atoms with E-state index in [0.717, 1.165) is 5.56 Å². The third kappa shape index (κ3) is 3.33. The molecular weight excluding hydrogens is 317 g/mol. The molecular formula is C16H12F5NO. The normalized spacial score (nSPS) is 10.7. The molecule has 2 aromatic rings. The minimum atomic E-state index is -2.25. The van der Waals surface area contributed by atoms with Crippen LogP contribution in [-0.4, -0.2) is 5.91 Å². The predicted octanol–water partition coefficient (Wildman–Crippen LogP) is 4.18. The highest BCUT2D eigenvalue weighted by Crippen LogP contribution is 2.24. The van der Waals surface area contributed by atoms with Crippen molar-refractivity contribution >= 4 is 11.6 Å². The van der Waals surface area contributed by atoms with E-state index in [0.29, 0.717) is 11.3 Å².